The van der Waals surface area contributed by atoms with Crippen LogP contribution < -0.4 is 10.4 Å². The Hall–Kier alpha value is -2.38. The summed E-state index contributed by atoms with van der Waals surface area (Å²) in [5.41, 5.74) is 8.80. The van der Waals surface area contributed by atoms with E-state index in [-0.39, 0.29) is 0 Å². The van der Waals surface area contributed by atoms with Crippen molar-refractivity contribution in [1.29, 1.82) is 0 Å². The molecule has 3 aromatic carbocycles. The van der Waals surface area contributed by atoms with Crippen molar-refractivity contribution in [3.63, 3.8) is 0 Å². The van der Waals surface area contributed by atoms with Gasteiger partial charge in [0.2, 0.25) is 0 Å². The van der Waals surface area contributed by atoms with Crippen LogP contribution in [0.15, 0.2) is 66.7 Å². The van der Waals surface area contributed by atoms with E-state index >= 15 is 0 Å². The van der Waals surface area contributed by atoms with E-state index in [0.717, 1.165) is 0 Å². The van der Waals surface area contributed by atoms with Crippen LogP contribution in [0, 0.1) is 27.7 Å². The predicted molar refractivity (Wildman–Crippen MR) is 121 cm³/mol. The van der Waals surface area contributed by atoms with Crippen molar-refractivity contribution in [2.24, 2.45) is 0 Å². The molecule has 0 fully saturated rings. The Morgan fingerprint density at radius 2 is 1.15 bits per heavy atom. The van der Waals surface area contributed by atoms with Gasteiger partial charge in [-0.05, 0) is 38.8 Å². The second-order valence-electron chi connectivity index (χ2n) is 8.42. The smallest absolute Gasteiger partial charge is 0.0784 e. The van der Waals surface area contributed by atoms with Crippen molar-refractivity contribution in [3.05, 3.63) is 100 Å². The standard InChI is InChI=1S/C26H28Si/c1-18-12-19(2)15-23(14-18)27(5,24-16-20(3)13-21(4)17-24)26-11-10-22-8-6-7-9-25(22)26/h6-17,26H,1-5H3. The summed E-state index contributed by atoms with van der Waals surface area (Å²) in [6.07, 6.45) is 4.79. The van der Waals surface area contributed by atoms with E-state index in [2.05, 4.69) is 107 Å². The highest BCUT2D eigenvalue weighted by atomic mass is 28.3. The lowest BCUT2D eigenvalue weighted by molar-refractivity contribution is 1.18. The Labute approximate surface area is 164 Å². The topological polar surface area (TPSA) is 0 Å². The normalized spacial score (nSPS) is 15.8. The van der Waals surface area contributed by atoms with Gasteiger partial charge in [0.1, 0.15) is 8.07 Å². The van der Waals surface area contributed by atoms with E-state index in [1.807, 2.05) is 0 Å². The van der Waals surface area contributed by atoms with Gasteiger partial charge in [0.05, 0.1) is 0 Å². The minimum absolute atomic E-state index is 0.469. The van der Waals surface area contributed by atoms with Crippen molar-refractivity contribution in [1.82, 2.24) is 0 Å². The molecule has 27 heavy (non-hydrogen) atoms. The number of fused-ring (bicyclic) bond motifs is 1. The Morgan fingerprint density at radius 3 is 1.67 bits per heavy atom. The summed E-state index contributed by atoms with van der Waals surface area (Å²) in [7, 11) is -2.03. The fraction of sp³-hybridized carbons (Fsp3) is 0.231. The molecule has 0 radical (unpaired) electrons. The number of hydrogen-bond donors (Lipinski definition) is 0. The van der Waals surface area contributed by atoms with Gasteiger partial charge >= 0.3 is 0 Å². The SMILES string of the molecule is Cc1cc(C)cc([Si](C)(c2cc(C)cc(C)c2)C2C=Cc3ccccc32)c1. The third-order valence-corrected chi connectivity index (χ3v) is 10.8. The lowest BCUT2D eigenvalue weighted by Gasteiger charge is -2.36. The Bertz CT molecular complexity index is 950. The number of hydrogen-bond acceptors (Lipinski definition) is 0. The minimum atomic E-state index is -2.03. The van der Waals surface area contributed by atoms with E-state index in [1.54, 1.807) is 0 Å². The van der Waals surface area contributed by atoms with Crippen molar-refractivity contribution >= 4 is 24.5 Å². The van der Waals surface area contributed by atoms with Crippen LogP contribution in [0.5, 0.6) is 0 Å². The maximum atomic E-state index is 2.56. The van der Waals surface area contributed by atoms with Gasteiger partial charge < -0.3 is 0 Å². The largest absolute Gasteiger partial charge is 0.126 e. The summed E-state index contributed by atoms with van der Waals surface area (Å²) >= 11 is 0. The van der Waals surface area contributed by atoms with Crippen molar-refractivity contribution in [3.8, 4) is 0 Å². The summed E-state index contributed by atoms with van der Waals surface area (Å²) < 4.78 is 0. The van der Waals surface area contributed by atoms with Crippen LogP contribution in [-0.2, 0) is 0 Å². The molecule has 1 heteroatoms. The number of aryl methyl sites for hydroxylation is 4. The predicted octanol–water partition coefficient (Wildman–Crippen LogP) is 5.46. The maximum Gasteiger partial charge on any atom is 0.126 e. The molecule has 0 heterocycles. The number of allylic oxidation sites excluding steroid dienone is 1. The van der Waals surface area contributed by atoms with E-state index in [9.17, 15) is 0 Å². The molecule has 0 aromatic heterocycles. The Kier molecular flexibility index (Phi) is 4.43. The highest BCUT2D eigenvalue weighted by Gasteiger charge is 2.42. The summed E-state index contributed by atoms with van der Waals surface area (Å²) in [5.74, 6) is 0. The summed E-state index contributed by atoms with van der Waals surface area (Å²) in [5, 5.41) is 3.08. The monoisotopic (exact) mass is 368 g/mol. The first-order valence-corrected chi connectivity index (χ1v) is 12.4. The van der Waals surface area contributed by atoms with Gasteiger partial charge in [-0.2, -0.15) is 0 Å². The van der Waals surface area contributed by atoms with Crippen molar-refractivity contribution in [2.45, 2.75) is 39.8 Å². The van der Waals surface area contributed by atoms with Gasteiger partial charge in [-0.1, -0.05) is 112 Å². The highest BCUT2D eigenvalue weighted by Crippen LogP contribution is 2.37. The second kappa shape index (κ2) is 6.65. The maximum absolute atomic E-state index is 2.56. The lowest BCUT2D eigenvalue weighted by Crippen LogP contribution is -2.60. The quantitative estimate of drug-likeness (QED) is 0.538. The zero-order chi connectivity index (χ0) is 19.2. The molecule has 136 valence electrons. The third kappa shape index (κ3) is 3.11. The summed E-state index contributed by atoms with van der Waals surface area (Å²) in [6.45, 7) is 11.5. The molecule has 0 bridgehead atoms. The van der Waals surface area contributed by atoms with Gasteiger partial charge in [-0.25, -0.2) is 0 Å². The molecule has 1 atom stereocenters. The van der Waals surface area contributed by atoms with E-state index in [0.29, 0.717) is 5.54 Å². The van der Waals surface area contributed by atoms with Gasteiger partial charge in [0.25, 0.3) is 0 Å². The van der Waals surface area contributed by atoms with Crippen LogP contribution in [0.4, 0.5) is 0 Å². The van der Waals surface area contributed by atoms with Crippen LogP contribution in [0.25, 0.3) is 6.08 Å². The van der Waals surface area contributed by atoms with Crippen LogP contribution in [0.2, 0.25) is 6.55 Å². The molecule has 1 aliphatic carbocycles. The van der Waals surface area contributed by atoms with E-state index < -0.39 is 8.07 Å². The zero-order valence-electron chi connectivity index (χ0n) is 17.0. The first-order valence-electron chi connectivity index (χ1n) is 9.82. The molecule has 0 saturated heterocycles. The summed E-state index contributed by atoms with van der Waals surface area (Å²) in [6, 6.07) is 23.3. The minimum Gasteiger partial charge on any atom is -0.0784 e. The first kappa shape index (κ1) is 18.0. The molecule has 0 saturated carbocycles. The first-order chi connectivity index (χ1) is 12.9. The lowest BCUT2D eigenvalue weighted by atomic mass is 10.1. The van der Waals surface area contributed by atoms with Gasteiger partial charge in [-0.15, -0.1) is 0 Å². The molecule has 1 unspecified atom stereocenters. The molecule has 0 N–H and O–H groups in total. The highest BCUT2D eigenvalue weighted by molar-refractivity contribution is 7.02. The van der Waals surface area contributed by atoms with Gasteiger partial charge in [0, 0.05) is 5.54 Å². The fourth-order valence-electron chi connectivity index (χ4n) is 4.83. The zero-order valence-corrected chi connectivity index (χ0v) is 18.0. The molecule has 3 aromatic rings. The average Bonchev–Trinajstić information content (AvgIpc) is 3.04. The number of rotatable bonds is 3. The average molecular weight is 369 g/mol. The Morgan fingerprint density at radius 1 is 0.667 bits per heavy atom. The fourth-order valence-corrected chi connectivity index (χ4v) is 9.36. The van der Waals surface area contributed by atoms with Crippen LogP contribution >= 0.6 is 0 Å². The molecule has 0 aliphatic heterocycles. The van der Waals surface area contributed by atoms with Crippen LogP contribution in [0.3, 0.4) is 0 Å². The molecule has 4 rings (SSSR count). The molecule has 0 nitrogen and oxygen atoms in total. The van der Waals surface area contributed by atoms with Gasteiger partial charge in [0.15, 0.2) is 0 Å². The van der Waals surface area contributed by atoms with Crippen LogP contribution in [-0.4, -0.2) is 8.07 Å². The number of benzene rings is 3. The van der Waals surface area contributed by atoms with Gasteiger partial charge in [-0.3, -0.25) is 0 Å². The van der Waals surface area contributed by atoms with Crippen molar-refractivity contribution in [2.75, 3.05) is 0 Å². The third-order valence-electron chi connectivity index (χ3n) is 6.06. The molecule has 0 spiro atoms. The van der Waals surface area contributed by atoms with Crippen LogP contribution in [0.1, 0.15) is 38.9 Å². The molecular weight excluding hydrogens is 340 g/mol. The van der Waals surface area contributed by atoms with Crippen molar-refractivity contribution < 1.29 is 0 Å². The molecular formula is C26H28Si. The Balaban J connectivity index is 2.00. The molecule has 0 amide bonds. The summed E-state index contributed by atoms with van der Waals surface area (Å²) in [4.78, 5) is 0. The van der Waals surface area contributed by atoms with E-state index in [4.69, 9.17) is 0 Å². The van der Waals surface area contributed by atoms with E-state index in [1.165, 1.54) is 43.8 Å². The molecule has 1 aliphatic rings. The second-order valence-corrected chi connectivity index (χ2v) is 12.6.